The average Bonchev–Trinajstić information content (AvgIpc) is 3.03. The van der Waals surface area contributed by atoms with E-state index in [-0.39, 0.29) is 0 Å². The van der Waals surface area contributed by atoms with Gasteiger partial charge in [-0.2, -0.15) is 0 Å². The maximum atomic E-state index is 5.39. The third-order valence-electron chi connectivity index (χ3n) is 3.27. The summed E-state index contributed by atoms with van der Waals surface area (Å²) in [7, 11) is 3.60. The second kappa shape index (κ2) is 4.75. The molecule has 0 bridgehead atoms. The highest BCUT2D eigenvalue weighted by Gasteiger charge is 2.34. The van der Waals surface area contributed by atoms with Gasteiger partial charge < -0.3 is 15.1 Å². The van der Waals surface area contributed by atoms with E-state index in [1.54, 1.807) is 7.11 Å². The molecule has 6 heteroatoms. The van der Waals surface area contributed by atoms with Gasteiger partial charge in [-0.15, -0.1) is 0 Å². The van der Waals surface area contributed by atoms with E-state index in [0.717, 1.165) is 24.2 Å². The van der Waals surface area contributed by atoms with Crippen LogP contribution in [0.25, 0.3) is 0 Å². The van der Waals surface area contributed by atoms with E-state index in [0.29, 0.717) is 11.6 Å². The van der Waals surface area contributed by atoms with Crippen molar-refractivity contribution in [3.8, 4) is 5.75 Å². The minimum absolute atomic E-state index is 0.508. The van der Waals surface area contributed by atoms with E-state index in [9.17, 15) is 0 Å². The first-order valence-electron chi connectivity index (χ1n) is 5.74. The predicted octanol–water partition coefficient (Wildman–Crippen LogP) is 0.863. The Balaban J connectivity index is 2.18. The van der Waals surface area contributed by atoms with E-state index < -0.39 is 0 Å². The number of rotatable bonds is 5. The van der Waals surface area contributed by atoms with E-state index in [1.165, 1.54) is 12.7 Å². The first-order chi connectivity index (χ1) is 8.17. The highest BCUT2D eigenvalue weighted by molar-refractivity contribution is 5.64. The lowest BCUT2D eigenvalue weighted by molar-refractivity contribution is 0.412. The van der Waals surface area contributed by atoms with Gasteiger partial charge in [-0.3, -0.25) is 0 Å². The topological polar surface area (TPSA) is 76.3 Å². The highest BCUT2D eigenvalue weighted by atomic mass is 16.5. The summed E-state index contributed by atoms with van der Waals surface area (Å²) in [4.78, 5) is 10.4. The van der Waals surface area contributed by atoms with Crippen LogP contribution in [-0.4, -0.2) is 30.7 Å². The number of nitrogen functional groups attached to an aromatic ring is 1. The Morgan fingerprint density at radius 3 is 2.82 bits per heavy atom. The van der Waals surface area contributed by atoms with E-state index >= 15 is 0 Å². The fourth-order valence-corrected chi connectivity index (χ4v) is 2.02. The van der Waals surface area contributed by atoms with Gasteiger partial charge in [-0.05, 0) is 18.3 Å². The van der Waals surface area contributed by atoms with Crippen molar-refractivity contribution in [2.24, 2.45) is 17.7 Å². The van der Waals surface area contributed by atoms with E-state index in [4.69, 9.17) is 10.6 Å². The van der Waals surface area contributed by atoms with Crippen molar-refractivity contribution in [1.29, 1.82) is 0 Å². The molecular formula is C11H19N5O. The number of methoxy groups -OCH3 is 1. The van der Waals surface area contributed by atoms with Crippen molar-refractivity contribution in [2.75, 3.05) is 31.0 Å². The Labute approximate surface area is 101 Å². The summed E-state index contributed by atoms with van der Waals surface area (Å²) in [6, 6.07) is 0. The number of hydrogen-bond acceptors (Lipinski definition) is 6. The zero-order valence-corrected chi connectivity index (χ0v) is 10.5. The van der Waals surface area contributed by atoms with Crippen molar-refractivity contribution in [1.82, 2.24) is 9.97 Å². The molecule has 0 radical (unpaired) electrons. The maximum Gasteiger partial charge on any atom is 0.205 e. The number of aromatic nitrogens is 2. The molecule has 1 aromatic rings. The normalized spacial score (nSPS) is 22.1. The molecule has 0 spiro atoms. The Morgan fingerprint density at radius 1 is 1.59 bits per heavy atom. The third kappa shape index (κ3) is 2.41. The van der Waals surface area contributed by atoms with Crippen molar-refractivity contribution < 1.29 is 4.74 Å². The number of anilines is 2. The summed E-state index contributed by atoms with van der Waals surface area (Å²) in [6.45, 7) is 3.25. The number of nitrogens with two attached hydrogens (primary N) is 1. The predicted molar refractivity (Wildman–Crippen MR) is 66.9 cm³/mol. The maximum absolute atomic E-state index is 5.39. The summed E-state index contributed by atoms with van der Waals surface area (Å²) >= 11 is 0. The molecule has 1 aliphatic rings. The molecule has 1 fully saturated rings. The summed E-state index contributed by atoms with van der Waals surface area (Å²) in [5, 5.41) is 0. The number of hydrazine groups is 1. The molecule has 2 unspecified atom stereocenters. The molecule has 17 heavy (non-hydrogen) atoms. The van der Waals surface area contributed by atoms with Crippen molar-refractivity contribution in [3.63, 3.8) is 0 Å². The molecule has 1 saturated carbocycles. The van der Waals surface area contributed by atoms with Crippen molar-refractivity contribution in [3.05, 3.63) is 6.33 Å². The molecule has 3 N–H and O–H groups in total. The first kappa shape index (κ1) is 11.9. The summed E-state index contributed by atoms with van der Waals surface area (Å²) in [6.07, 6.45) is 2.78. The van der Waals surface area contributed by atoms with Gasteiger partial charge in [-0.25, -0.2) is 15.8 Å². The molecule has 6 nitrogen and oxygen atoms in total. The van der Waals surface area contributed by atoms with E-state index in [2.05, 4.69) is 27.2 Å². The second-order valence-corrected chi connectivity index (χ2v) is 4.58. The monoisotopic (exact) mass is 237 g/mol. The number of ether oxygens (including phenoxy) is 1. The van der Waals surface area contributed by atoms with E-state index in [1.807, 2.05) is 7.05 Å². The Hall–Kier alpha value is -1.56. The Morgan fingerprint density at radius 2 is 2.29 bits per heavy atom. The Bertz CT molecular complexity index is 397. The standard InChI is InChI=1S/C11H19N5O/c1-7-4-8(7)5-16(2)11-9(17-3)10(15-12)13-6-14-11/h6-8H,4-5,12H2,1-3H3,(H,13,14,15). The molecule has 0 amide bonds. The van der Waals surface area contributed by atoms with Crippen LogP contribution < -0.4 is 20.9 Å². The number of hydrogen-bond donors (Lipinski definition) is 2. The molecule has 2 atom stereocenters. The van der Waals surface area contributed by atoms with Crippen LogP contribution in [-0.2, 0) is 0 Å². The van der Waals surface area contributed by atoms with Gasteiger partial charge >= 0.3 is 0 Å². The number of nitrogens with one attached hydrogen (secondary N) is 1. The van der Waals surface area contributed by atoms with Crippen molar-refractivity contribution >= 4 is 11.6 Å². The number of nitrogens with zero attached hydrogens (tertiary/aromatic N) is 3. The molecule has 1 aliphatic carbocycles. The quantitative estimate of drug-likeness (QED) is 0.584. The van der Waals surface area contributed by atoms with Crippen LogP contribution in [0.15, 0.2) is 6.33 Å². The molecular weight excluding hydrogens is 218 g/mol. The van der Waals surface area contributed by atoms with Crippen LogP contribution in [0.5, 0.6) is 5.75 Å². The zero-order valence-electron chi connectivity index (χ0n) is 10.5. The average molecular weight is 237 g/mol. The van der Waals surface area contributed by atoms with Gasteiger partial charge in [0.1, 0.15) is 6.33 Å². The van der Waals surface area contributed by atoms with Gasteiger partial charge in [0.15, 0.2) is 11.6 Å². The molecule has 0 aliphatic heterocycles. The summed E-state index contributed by atoms with van der Waals surface area (Å²) in [5.74, 6) is 8.84. The zero-order chi connectivity index (χ0) is 12.4. The van der Waals surface area contributed by atoms with Crippen LogP contribution >= 0.6 is 0 Å². The molecule has 0 saturated heterocycles. The van der Waals surface area contributed by atoms with Crippen LogP contribution in [0.2, 0.25) is 0 Å². The fourth-order valence-electron chi connectivity index (χ4n) is 2.02. The van der Waals surface area contributed by atoms with Gasteiger partial charge in [-0.1, -0.05) is 6.92 Å². The van der Waals surface area contributed by atoms with Crippen molar-refractivity contribution in [2.45, 2.75) is 13.3 Å². The SMILES string of the molecule is COc1c(NN)ncnc1N(C)CC1CC1C. The molecule has 94 valence electrons. The second-order valence-electron chi connectivity index (χ2n) is 4.58. The molecule has 2 rings (SSSR count). The van der Waals surface area contributed by atoms with Crippen LogP contribution in [0.4, 0.5) is 11.6 Å². The minimum atomic E-state index is 0.508. The molecule has 1 heterocycles. The Kier molecular flexibility index (Phi) is 3.33. The molecule has 0 aromatic carbocycles. The third-order valence-corrected chi connectivity index (χ3v) is 3.27. The first-order valence-corrected chi connectivity index (χ1v) is 5.74. The lowest BCUT2D eigenvalue weighted by Crippen LogP contribution is -2.23. The van der Waals surface area contributed by atoms with Gasteiger partial charge in [0.05, 0.1) is 7.11 Å². The summed E-state index contributed by atoms with van der Waals surface area (Å²) in [5.41, 5.74) is 2.52. The van der Waals surface area contributed by atoms with Gasteiger partial charge in [0.25, 0.3) is 0 Å². The highest BCUT2D eigenvalue weighted by Crippen LogP contribution is 2.40. The molecule has 1 aromatic heterocycles. The van der Waals surface area contributed by atoms with Gasteiger partial charge in [0, 0.05) is 13.6 Å². The fraction of sp³-hybridized carbons (Fsp3) is 0.636. The van der Waals surface area contributed by atoms with Gasteiger partial charge in [0.2, 0.25) is 5.75 Å². The van der Waals surface area contributed by atoms with Crippen LogP contribution in [0.1, 0.15) is 13.3 Å². The lowest BCUT2D eigenvalue weighted by atomic mass is 10.3. The lowest BCUT2D eigenvalue weighted by Gasteiger charge is -2.21. The summed E-state index contributed by atoms with van der Waals surface area (Å²) < 4.78 is 5.31. The van der Waals surface area contributed by atoms with Crippen LogP contribution in [0.3, 0.4) is 0 Å². The minimum Gasteiger partial charge on any atom is -0.490 e. The smallest absolute Gasteiger partial charge is 0.205 e. The largest absolute Gasteiger partial charge is 0.490 e. The van der Waals surface area contributed by atoms with Crippen LogP contribution in [0, 0.1) is 11.8 Å².